The summed E-state index contributed by atoms with van der Waals surface area (Å²) in [6, 6.07) is 6.99. The van der Waals surface area contributed by atoms with E-state index >= 15 is 0 Å². The van der Waals surface area contributed by atoms with Crippen molar-refractivity contribution >= 4 is 17.2 Å². The molecule has 1 aromatic carbocycles. The van der Waals surface area contributed by atoms with Crippen LogP contribution in [0.2, 0.25) is 0 Å². The lowest BCUT2D eigenvalue weighted by atomic mass is 10.1. The van der Waals surface area contributed by atoms with Crippen LogP contribution in [0, 0.1) is 11.8 Å². The Hall–Kier alpha value is -2.16. The van der Waals surface area contributed by atoms with Gasteiger partial charge in [-0.3, -0.25) is 4.79 Å². The van der Waals surface area contributed by atoms with Gasteiger partial charge in [0.15, 0.2) is 0 Å². The molecule has 0 aliphatic heterocycles. The normalized spacial score (nSPS) is 11.3. The van der Waals surface area contributed by atoms with Crippen LogP contribution in [-0.2, 0) is 0 Å². The first-order valence-electron chi connectivity index (χ1n) is 6.58. The summed E-state index contributed by atoms with van der Waals surface area (Å²) >= 11 is 1.59. The minimum Gasteiger partial charge on any atom is -0.384 e. The van der Waals surface area contributed by atoms with Crippen molar-refractivity contribution in [3.05, 3.63) is 52.0 Å². The van der Waals surface area contributed by atoms with E-state index in [1.165, 1.54) is 0 Å². The molecule has 108 valence electrons. The summed E-state index contributed by atoms with van der Waals surface area (Å²) < 4.78 is 0. The lowest BCUT2D eigenvalue weighted by Crippen LogP contribution is -2.27. The Morgan fingerprint density at radius 1 is 1.43 bits per heavy atom. The third kappa shape index (κ3) is 4.42. The molecule has 0 aliphatic rings. The van der Waals surface area contributed by atoms with Gasteiger partial charge in [-0.05, 0) is 24.3 Å². The number of amides is 1. The minimum absolute atomic E-state index is 0.111. The number of nitrogens with zero attached hydrogens (tertiary/aromatic N) is 1. The van der Waals surface area contributed by atoms with E-state index < -0.39 is 0 Å². The number of benzene rings is 1. The van der Waals surface area contributed by atoms with Crippen molar-refractivity contribution in [1.29, 1.82) is 0 Å². The number of rotatable bonds is 4. The summed E-state index contributed by atoms with van der Waals surface area (Å²) in [5.41, 5.74) is 1.37. The number of aliphatic hydroxyl groups excluding tert-OH is 1. The first-order valence-corrected chi connectivity index (χ1v) is 7.46. The summed E-state index contributed by atoms with van der Waals surface area (Å²) in [6.45, 7) is 2.42. The second kappa shape index (κ2) is 7.58. The third-order valence-electron chi connectivity index (χ3n) is 2.90. The van der Waals surface area contributed by atoms with E-state index in [9.17, 15) is 4.79 Å². The highest BCUT2D eigenvalue weighted by Gasteiger charge is 2.11. The van der Waals surface area contributed by atoms with Gasteiger partial charge in [0.05, 0.1) is 5.01 Å². The van der Waals surface area contributed by atoms with E-state index in [2.05, 4.69) is 22.1 Å². The molecule has 1 aromatic heterocycles. The second-order valence-corrected chi connectivity index (χ2v) is 5.44. The molecule has 0 aliphatic carbocycles. The Kier molecular flexibility index (Phi) is 5.50. The Labute approximate surface area is 127 Å². The van der Waals surface area contributed by atoms with Crippen molar-refractivity contribution in [3.63, 3.8) is 0 Å². The molecule has 0 bridgehead atoms. The molecule has 21 heavy (non-hydrogen) atoms. The van der Waals surface area contributed by atoms with Crippen molar-refractivity contribution in [2.45, 2.75) is 12.8 Å². The topological polar surface area (TPSA) is 62.2 Å². The number of nitrogens with one attached hydrogen (secondary N) is 1. The molecular formula is C16H16N2O2S. The Morgan fingerprint density at radius 2 is 2.19 bits per heavy atom. The fraction of sp³-hybridized carbons (Fsp3) is 0.250. The lowest BCUT2D eigenvalue weighted by Gasteiger charge is -2.10. The van der Waals surface area contributed by atoms with Gasteiger partial charge in [-0.15, -0.1) is 11.3 Å². The first kappa shape index (κ1) is 15.2. The Balaban J connectivity index is 1.91. The van der Waals surface area contributed by atoms with Crippen molar-refractivity contribution in [2.24, 2.45) is 0 Å². The molecule has 5 heteroatoms. The van der Waals surface area contributed by atoms with Crippen LogP contribution in [0.25, 0.3) is 0 Å². The molecule has 0 radical (unpaired) electrons. The van der Waals surface area contributed by atoms with E-state index in [1.54, 1.807) is 41.8 Å². The molecule has 2 aromatic rings. The van der Waals surface area contributed by atoms with E-state index in [-0.39, 0.29) is 18.4 Å². The van der Waals surface area contributed by atoms with Crippen molar-refractivity contribution < 1.29 is 9.90 Å². The van der Waals surface area contributed by atoms with Crippen molar-refractivity contribution in [2.75, 3.05) is 13.2 Å². The van der Waals surface area contributed by atoms with Crippen LogP contribution in [0.15, 0.2) is 35.8 Å². The van der Waals surface area contributed by atoms with E-state index in [1.807, 2.05) is 12.3 Å². The molecule has 2 N–H and O–H groups in total. The minimum atomic E-state index is -0.170. The quantitative estimate of drug-likeness (QED) is 0.849. The highest BCUT2D eigenvalue weighted by Crippen LogP contribution is 2.16. The van der Waals surface area contributed by atoms with Crippen LogP contribution in [0.4, 0.5) is 0 Å². The molecule has 0 saturated heterocycles. The molecule has 1 amide bonds. The second-order valence-electron chi connectivity index (χ2n) is 4.52. The van der Waals surface area contributed by atoms with Crippen LogP contribution >= 0.6 is 11.3 Å². The predicted octanol–water partition coefficient (Wildman–Crippen LogP) is 2.02. The summed E-state index contributed by atoms with van der Waals surface area (Å²) in [7, 11) is 0. The van der Waals surface area contributed by atoms with Gasteiger partial charge in [-0.1, -0.05) is 18.8 Å². The van der Waals surface area contributed by atoms with Crippen LogP contribution in [0.3, 0.4) is 0 Å². The number of hydrogen-bond donors (Lipinski definition) is 2. The van der Waals surface area contributed by atoms with Crippen molar-refractivity contribution in [3.8, 4) is 11.8 Å². The maximum atomic E-state index is 12.0. The van der Waals surface area contributed by atoms with Gasteiger partial charge in [-0.2, -0.15) is 0 Å². The number of hydrogen-bond acceptors (Lipinski definition) is 4. The monoisotopic (exact) mass is 300 g/mol. The van der Waals surface area contributed by atoms with Gasteiger partial charge in [0, 0.05) is 35.2 Å². The zero-order valence-electron chi connectivity index (χ0n) is 11.7. The highest BCUT2D eigenvalue weighted by molar-refractivity contribution is 7.09. The molecule has 2 rings (SSSR count). The lowest BCUT2D eigenvalue weighted by molar-refractivity contribution is 0.0951. The maximum absolute atomic E-state index is 12.0. The van der Waals surface area contributed by atoms with Crippen LogP contribution < -0.4 is 5.32 Å². The number of aliphatic hydroxyl groups is 1. The Bertz CT molecular complexity index is 639. The van der Waals surface area contributed by atoms with Gasteiger partial charge in [0.2, 0.25) is 0 Å². The summed E-state index contributed by atoms with van der Waals surface area (Å²) in [6.07, 6.45) is 1.77. The summed E-state index contributed by atoms with van der Waals surface area (Å²) in [4.78, 5) is 16.3. The van der Waals surface area contributed by atoms with Gasteiger partial charge in [0.1, 0.15) is 6.61 Å². The fourth-order valence-corrected chi connectivity index (χ4v) is 2.46. The third-order valence-corrected chi connectivity index (χ3v) is 3.91. The van der Waals surface area contributed by atoms with E-state index in [0.29, 0.717) is 12.1 Å². The van der Waals surface area contributed by atoms with Gasteiger partial charge in [-0.25, -0.2) is 4.98 Å². The van der Waals surface area contributed by atoms with E-state index in [0.717, 1.165) is 10.6 Å². The molecule has 1 atom stereocenters. The molecule has 0 saturated carbocycles. The highest BCUT2D eigenvalue weighted by atomic mass is 32.1. The number of thiazole rings is 1. The average Bonchev–Trinajstić information content (AvgIpc) is 3.05. The Morgan fingerprint density at radius 3 is 2.81 bits per heavy atom. The molecule has 1 unspecified atom stereocenters. The zero-order chi connectivity index (χ0) is 15.1. The zero-order valence-corrected chi connectivity index (χ0v) is 12.5. The molecule has 0 spiro atoms. The molecule has 1 heterocycles. The standard InChI is InChI=1S/C16H16N2O2S/c1-12(16-17-8-10-21-16)11-18-15(20)14-6-4-13(5-7-14)3-2-9-19/h4-8,10,12,19H,9,11H2,1H3,(H,18,20). The molecule has 0 fully saturated rings. The fourth-order valence-electron chi connectivity index (χ4n) is 1.76. The van der Waals surface area contributed by atoms with Crippen molar-refractivity contribution in [1.82, 2.24) is 10.3 Å². The maximum Gasteiger partial charge on any atom is 0.251 e. The predicted molar refractivity (Wildman–Crippen MR) is 83.3 cm³/mol. The number of carbonyl (C=O) groups excluding carboxylic acids is 1. The van der Waals surface area contributed by atoms with Gasteiger partial charge >= 0.3 is 0 Å². The molecule has 4 nitrogen and oxygen atoms in total. The SMILES string of the molecule is CC(CNC(=O)c1ccc(C#CCO)cc1)c1nccs1. The van der Waals surface area contributed by atoms with E-state index in [4.69, 9.17) is 5.11 Å². The van der Waals surface area contributed by atoms with Gasteiger partial charge < -0.3 is 10.4 Å². The molecular weight excluding hydrogens is 284 g/mol. The smallest absolute Gasteiger partial charge is 0.251 e. The summed E-state index contributed by atoms with van der Waals surface area (Å²) in [5, 5.41) is 14.5. The van der Waals surface area contributed by atoms with Crippen LogP contribution in [0.1, 0.15) is 33.8 Å². The number of carbonyl (C=O) groups is 1. The largest absolute Gasteiger partial charge is 0.384 e. The van der Waals surface area contributed by atoms with Crippen LogP contribution in [-0.4, -0.2) is 29.1 Å². The number of aromatic nitrogens is 1. The van der Waals surface area contributed by atoms with Crippen LogP contribution in [0.5, 0.6) is 0 Å². The average molecular weight is 300 g/mol. The summed E-state index contributed by atoms with van der Waals surface area (Å²) in [5.74, 6) is 5.45. The first-order chi connectivity index (χ1) is 10.2. The van der Waals surface area contributed by atoms with Gasteiger partial charge in [0.25, 0.3) is 5.91 Å².